The first-order valence-corrected chi connectivity index (χ1v) is 7.26. The van der Waals surface area contributed by atoms with Crippen molar-refractivity contribution in [2.45, 2.75) is 6.92 Å². The molecule has 5 nitrogen and oxygen atoms in total. The van der Waals surface area contributed by atoms with Gasteiger partial charge in [-0.15, -0.1) is 0 Å². The monoisotopic (exact) mass is 311 g/mol. The van der Waals surface area contributed by atoms with E-state index in [4.69, 9.17) is 4.74 Å². The van der Waals surface area contributed by atoms with E-state index in [1.54, 1.807) is 19.4 Å². The average Bonchev–Trinajstić information content (AvgIpc) is 2.55. The van der Waals surface area contributed by atoms with Crippen LogP contribution in [0.4, 0.5) is 5.69 Å². The van der Waals surface area contributed by atoms with Crippen molar-refractivity contribution in [3.63, 3.8) is 0 Å². The van der Waals surface area contributed by atoms with Crippen molar-refractivity contribution >= 4 is 17.8 Å². The number of hydrogen-bond donors (Lipinski definition) is 1. The molecule has 0 saturated heterocycles. The Balaban J connectivity index is 2.04. The molecule has 0 aromatic heterocycles. The number of amides is 1. The van der Waals surface area contributed by atoms with E-state index in [0.29, 0.717) is 11.3 Å². The Labute approximate surface area is 136 Å². The van der Waals surface area contributed by atoms with Crippen LogP contribution in [0.15, 0.2) is 47.6 Å². The highest BCUT2D eigenvalue weighted by atomic mass is 16.5. The summed E-state index contributed by atoms with van der Waals surface area (Å²) in [5, 5.41) is 4.00. The fraction of sp³-hybridized carbons (Fsp3) is 0.222. The Kier molecular flexibility index (Phi) is 5.36. The first kappa shape index (κ1) is 16.5. The van der Waals surface area contributed by atoms with Gasteiger partial charge < -0.3 is 9.64 Å². The second-order valence-corrected chi connectivity index (χ2v) is 5.39. The number of anilines is 1. The quantitative estimate of drug-likeness (QED) is 0.682. The first-order valence-electron chi connectivity index (χ1n) is 7.26. The number of hydrogen-bond acceptors (Lipinski definition) is 4. The predicted octanol–water partition coefficient (Wildman–Crippen LogP) is 2.83. The molecular formula is C18H21N3O2. The molecule has 2 aromatic rings. The fourth-order valence-corrected chi connectivity index (χ4v) is 2.07. The van der Waals surface area contributed by atoms with Gasteiger partial charge in [0.25, 0.3) is 5.91 Å². The summed E-state index contributed by atoms with van der Waals surface area (Å²) in [7, 11) is 5.51. The second-order valence-electron chi connectivity index (χ2n) is 5.39. The van der Waals surface area contributed by atoms with Crippen LogP contribution in [-0.2, 0) is 0 Å². The molecule has 0 fully saturated rings. The second kappa shape index (κ2) is 7.45. The molecule has 0 saturated carbocycles. The number of nitrogens with one attached hydrogen (secondary N) is 1. The highest BCUT2D eigenvalue weighted by Crippen LogP contribution is 2.19. The van der Waals surface area contributed by atoms with E-state index in [1.165, 1.54) is 0 Å². The summed E-state index contributed by atoms with van der Waals surface area (Å²) in [6, 6.07) is 13.3. The molecule has 120 valence electrons. The van der Waals surface area contributed by atoms with Crippen molar-refractivity contribution in [3.05, 3.63) is 59.2 Å². The molecule has 0 unspecified atom stereocenters. The molecule has 2 aromatic carbocycles. The summed E-state index contributed by atoms with van der Waals surface area (Å²) in [6.07, 6.45) is 1.61. The number of hydrazone groups is 1. The maximum absolute atomic E-state index is 12.2. The molecule has 0 aliphatic carbocycles. The van der Waals surface area contributed by atoms with Crippen LogP contribution in [0.3, 0.4) is 0 Å². The van der Waals surface area contributed by atoms with Gasteiger partial charge in [-0.25, -0.2) is 5.43 Å². The van der Waals surface area contributed by atoms with Crippen LogP contribution >= 0.6 is 0 Å². The van der Waals surface area contributed by atoms with Crippen LogP contribution in [0, 0.1) is 6.92 Å². The Hall–Kier alpha value is -2.82. The zero-order valence-corrected chi connectivity index (χ0v) is 13.8. The fourth-order valence-electron chi connectivity index (χ4n) is 2.07. The lowest BCUT2D eigenvalue weighted by Crippen LogP contribution is -2.18. The van der Waals surface area contributed by atoms with Gasteiger partial charge in [-0.2, -0.15) is 5.10 Å². The Bertz CT molecular complexity index is 707. The molecule has 0 aliphatic rings. The van der Waals surface area contributed by atoms with Crippen molar-refractivity contribution < 1.29 is 9.53 Å². The van der Waals surface area contributed by atoms with E-state index in [-0.39, 0.29) is 5.91 Å². The number of rotatable bonds is 5. The molecule has 1 N–H and O–H groups in total. The van der Waals surface area contributed by atoms with Crippen molar-refractivity contribution in [2.24, 2.45) is 5.10 Å². The Morgan fingerprint density at radius 1 is 1.17 bits per heavy atom. The number of methoxy groups -OCH3 is 1. The summed E-state index contributed by atoms with van der Waals surface area (Å²) in [5.74, 6) is 0.232. The molecule has 0 spiro atoms. The van der Waals surface area contributed by atoms with Crippen LogP contribution in [-0.4, -0.2) is 33.3 Å². The number of nitrogens with zero attached hydrogens (tertiary/aromatic N) is 2. The SMILES string of the molecule is COc1cc(C)ccc1C(=O)N/N=C\c1ccc(N(C)C)cc1. The first-order chi connectivity index (χ1) is 11.0. The summed E-state index contributed by atoms with van der Waals surface area (Å²) in [5.41, 5.74) is 6.02. The molecule has 0 radical (unpaired) electrons. The molecule has 1 amide bonds. The zero-order valence-electron chi connectivity index (χ0n) is 13.8. The molecule has 0 bridgehead atoms. The minimum Gasteiger partial charge on any atom is -0.496 e. The third kappa shape index (κ3) is 4.32. The highest BCUT2D eigenvalue weighted by molar-refractivity contribution is 5.97. The van der Waals surface area contributed by atoms with E-state index in [0.717, 1.165) is 16.8 Å². The lowest BCUT2D eigenvalue weighted by atomic mass is 10.1. The zero-order chi connectivity index (χ0) is 16.8. The lowest BCUT2D eigenvalue weighted by molar-refractivity contribution is 0.0952. The molecule has 5 heteroatoms. The van der Waals surface area contributed by atoms with Gasteiger partial charge >= 0.3 is 0 Å². The standard InChI is InChI=1S/C18H21N3O2/c1-13-5-10-16(17(11-13)23-4)18(22)20-19-12-14-6-8-15(9-7-14)21(2)3/h5-12H,1-4H3,(H,20,22)/b19-12-. The molecule has 0 heterocycles. The van der Waals surface area contributed by atoms with E-state index in [9.17, 15) is 4.79 Å². The summed E-state index contributed by atoms with van der Waals surface area (Å²) < 4.78 is 5.23. The Morgan fingerprint density at radius 2 is 1.87 bits per heavy atom. The van der Waals surface area contributed by atoms with Gasteiger partial charge in [0.15, 0.2) is 0 Å². The maximum atomic E-state index is 12.2. The number of carbonyl (C=O) groups excluding carboxylic acids is 1. The van der Waals surface area contributed by atoms with Gasteiger partial charge in [0.2, 0.25) is 0 Å². The van der Waals surface area contributed by atoms with E-state index >= 15 is 0 Å². The molecule has 23 heavy (non-hydrogen) atoms. The summed E-state index contributed by atoms with van der Waals surface area (Å²) >= 11 is 0. The van der Waals surface area contributed by atoms with Crippen LogP contribution < -0.4 is 15.1 Å². The molecule has 0 atom stereocenters. The number of ether oxygens (including phenoxy) is 1. The average molecular weight is 311 g/mol. The van der Waals surface area contributed by atoms with Gasteiger partial charge in [0.05, 0.1) is 18.9 Å². The maximum Gasteiger partial charge on any atom is 0.275 e. The van der Waals surface area contributed by atoms with Gasteiger partial charge in [-0.3, -0.25) is 4.79 Å². The van der Waals surface area contributed by atoms with E-state index in [1.807, 2.05) is 62.3 Å². The van der Waals surface area contributed by atoms with Crippen LogP contribution in [0.5, 0.6) is 5.75 Å². The summed E-state index contributed by atoms with van der Waals surface area (Å²) in [6.45, 7) is 1.94. The van der Waals surface area contributed by atoms with Gasteiger partial charge in [-0.05, 0) is 42.3 Å². The minimum absolute atomic E-state index is 0.303. The van der Waals surface area contributed by atoms with Crippen LogP contribution in [0.1, 0.15) is 21.5 Å². The van der Waals surface area contributed by atoms with Crippen molar-refractivity contribution in [2.75, 3.05) is 26.1 Å². The Morgan fingerprint density at radius 3 is 2.48 bits per heavy atom. The predicted molar refractivity (Wildman–Crippen MR) is 93.6 cm³/mol. The topological polar surface area (TPSA) is 53.9 Å². The minimum atomic E-state index is -0.303. The molecule has 2 rings (SSSR count). The number of carbonyl (C=O) groups is 1. The van der Waals surface area contributed by atoms with Gasteiger partial charge in [-0.1, -0.05) is 18.2 Å². The van der Waals surface area contributed by atoms with Gasteiger partial charge in [0, 0.05) is 19.8 Å². The molecular weight excluding hydrogens is 290 g/mol. The third-order valence-electron chi connectivity index (χ3n) is 3.39. The van der Waals surface area contributed by atoms with Crippen molar-refractivity contribution in [1.82, 2.24) is 5.43 Å². The molecule has 0 aliphatic heterocycles. The smallest absolute Gasteiger partial charge is 0.275 e. The third-order valence-corrected chi connectivity index (χ3v) is 3.39. The van der Waals surface area contributed by atoms with Crippen molar-refractivity contribution in [1.29, 1.82) is 0 Å². The van der Waals surface area contributed by atoms with Crippen LogP contribution in [0.2, 0.25) is 0 Å². The number of aryl methyl sites for hydroxylation is 1. The van der Waals surface area contributed by atoms with Crippen LogP contribution in [0.25, 0.3) is 0 Å². The van der Waals surface area contributed by atoms with E-state index < -0.39 is 0 Å². The normalized spacial score (nSPS) is 10.6. The van der Waals surface area contributed by atoms with Crippen molar-refractivity contribution in [3.8, 4) is 5.75 Å². The van der Waals surface area contributed by atoms with Gasteiger partial charge in [0.1, 0.15) is 5.75 Å². The lowest BCUT2D eigenvalue weighted by Gasteiger charge is -2.11. The highest BCUT2D eigenvalue weighted by Gasteiger charge is 2.11. The summed E-state index contributed by atoms with van der Waals surface area (Å²) in [4.78, 5) is 14.2. The number of benzene rings is 2. The van der Waals surface area contributed by atoms with E-state index in [2.05, 4.69) is 10.5 Å². The largest absolute Gasteiger partial charge is 0.496 e.